The van der Waals surface area contributed by atoms with Gasteiger partial charge in [0.05, 0.1) is 0 Å². The summed E-state index contributed by atoms with van der Waals surface area (Å²) >= 11 is 0. The second kappa shape index (κ2) is 6.08. The third kappa shape index (κ3) is 11.6. The summed E-state index contributed by atoms with van der Waals surface area (Å²) in [5, 5.41) is 0. The number of Topliss-reactive ketones (excluding diaryl/α,β-unsaturated/α-hetero) is 1. The molecule has 0 N–H and O–H groups in total. The van der Waals surface area contributed by atoms with E-state index in [4.69, 9.17) is 0 Å². The third-order valence-electron chi connectivity index (χ3n) is 0.790. The molecule has 0 rings (SSSR count). The van der Waals surface area contributed by atoms with Crippen LogP contribution in [0.25, 0.3) is 0 Å². The van der Waals surface area contributed by atoms with E-state index in [1.54, 1.807) is 0 Å². The Labute approximate surface area is 85.4 Å². The number of ketones is 1. The van der Waals surface area contributed by atoms with Gasteiger partial charge < -0.3 is 4.74 Å². The van der Waals surface area contributed by atoms with Gasteiger partial charge >= 0.3 is 12.1 Å². The van der Waals surface area contributed by atoms with Gasteiger partial charge in [-0.3, -0.25) is 9.59 Å². The molecular formula is C6H7F3O3Zn. The van der Waals surface area contributed by atoms with Crippen LogP contribution in [-0.4, -0.2) is 24.5 Å². The van der Waals surface area contributed by atoms with Gasteiger partial charge in [0.15, 0.2) is 6.61 Å². The Balaban J connectivity index is 0. The van der Waals surface area contributed by atoms with Crippen LogP contribution in [-0.2, 0) is 33.8 Å². The van der Waals surface area contributed by atoms with Crippen LogP contribution < -0.4 is 0 Å². The minimum atomic E-state index is -4.54. The van der Waals surface area contributed by atoms with Crippen molar-refractivity contribution in [3.05, 3.63) is 0 Å². The fourth-order valence-corrected chi connectivity index (χ4v) is 0.417. The monoisotopic (exact) mass is 248 g/mol. The van der Waals surface area contributed by atoms with Crippen LogP contribution >= 0.6 is 0 Å². The van der Waals surface area contributed by atoms with E-state index in [1.165, 1.54) is 0 Å². The van der Waals surface area contributed by atoms with Crippen LogP contribution in [0.1, 0.15) is 13.3 Å². The number of esters is 1. The average Bonchev–Trinajstić information content (AvgIpc) is 1.80. The minimum Gasteiger partial charge on any atom is -0.456 e. The van der Waals surface area contributed by atoms with Crippen LogP contribution in [0, 0.1) is 0 Å². The van der Waals surface area contributed by atoms with Crippen LogP contribution in [0.4, 0.5) is 13.2 Å². The molecule has 0 atom stereocenters. The second-order valence-corrected chi connectivity index (χ2v) is 2.15. The molecule has 0 aromatic carbocycles. The Morgan fingerprint density at radius 3 is 2.08 bits per heavy atom. The summed E-state index contributed by atoms with van der Waals surface area (Å²) in [4.78, 5) is 20.6. The molecule has 72 valence electrons. The van der Waals surface area contributed by atoms with Crippen molar-refractivity contribution in [2.75, 3.05) is 6.61 Å². The molecule has 0 saturated heterocycles. The number of hydrogen-bond donors (Lipinski definition) is 0. The zero-order chi connectivity index (χ0) is 9.78. The van der Waals surface area contributed by atoms with Crippen molar-refractivity contribution in [2.24, 2.45) is 0 Å². The summed E-state index contributed by atoms with van der Waals surface area (Å²) in [6.07, 6.45) is -5.15. The first-order valence-electron chi connectivity index (χ1n) is 3.03. The molecule has 3 nitrogen and oxygen atoms in total. The van der Waals surface area contributed by atoms with Crippen molar-refractivity contribution in [1.82, 2.24) is 0 Å². The number of rotatable bonds is 3. The topological polar surface area (TPSA) is 43.4 Å². The van der Waals surface area contributed by atoms with Crippen LogP contribution in [0.5, 0.6) is 0 Å². The van der Waals surface area contributed by atoms with E-state index >= 15 is 0 Å². The van der Waals surface area contributed by atoms with E-state index in [-0.39, 0.29) is 19.5 Å². The first-order chi connectivity index (χ1) is 5.31. The summed E-state index contributed by atoms with van der Waals surface area (Å²) < 4.78 is 37.9. The first kappa shape index (κ1) is 15.0. The molecule has 13 heavy (non-hydrogen) atoms. The molecule has 0 unspecified atom stereocenters. The van der Waals surface area contributed by atoms with Gasteiger partial charge in [0.2, 0.25) is 0 Å². The van der Waals surface area contributed by atoms with E-state index < -0.39 is 31.0 Å². The molecule has 0 amide bonds. The Hall–Kier alpha value is -0.447. The van der Waals surface area contributed by atoms with E-state index in [0.29, 0.717) is 0 Å². The number of carbonyl (C=O) groups excluding carboxylic acids is 2. The number of halogens is 3. The number of hydrogen-bond acceptors (Lipinski definition) is 3. The number of alkyl halides is 3. The maximum atomic E-state index is 11.4. The molecule has 0 aromatic heterocycles. The van der Waals surface area contributed by atoms with Gasteiger partial charge in [-0.1, -0.05) is 0 Å². The van der Waals surface area contributed by atoms with Crippen molar-refractivity contribution in [1.29, 1.82) is 0 Å². The minimum absolute atomic E-state index is 0. The quantitative estimate of drug-likeness (QED) is 0.427. The van der Waals surface area contributed by atoms with Crippen molar-refractivity contribution < 1.29 is 47.0 Å². The van der Waals surface area contributed by atoms with Gasteiger partial charge in [0.25, 0.3) is 0 Å². The fourth-order valence-electron chi connectivity index (χ4n) is 0.417. The van der Waals surface area contributed by atoms with E-state index in [9.17, 15) is 22.8 Å². The van der Waals surface area contributed by atoms with E-state index in [0.717, 1.165) is 6.92 Å². The third-order valence-corrected chi connectivity index (χ3v) is 0.790. The molecule has 0 radical (unpaired) electrons. The molecule has 0 saturated carbocycles. The molecule has 7 heteroatoms. The summed E-state index contributed by atoms with van der Waals surface area (Å²) in [6, 6.07) is 0. The van der Waals surface area contributed by atoms with Gasteiger partial charge in [-0.25, -0.2) is 0 Å². The predicted molar refractivity (Wildman–Crippen MR) is 32.3 cm³/mol. The molecule has 0 aliphatic rings. The van der Waals surface area contributed by atoms with Gasteiger partial charge in [0.1, 0.15) is 12.2 Å². The maximum Gasteiger partial charge on any atom is 0.422 e. The number of carbonyl (C=O) groups is 2. The smallest absolute Gasteiger partial charge is 0.422 e. The Kier molecular flexibility index (Phi) is 7.03. The Morgan fingerprint density at radius 1 is 1.31 bits per heavy atom. The van der Waals surface area contributed by atoms with Crippen LogP contribution in [0.15, 0.2) is 0 Å². The van der Waals surface area contributed by atoms with E-state index in [1.807, 2.05) is 0 Å². The van der Waals surface area contributed by atoms with Crippen molar-refractivity contribution in [2.45, 2.75) is 19.5 Å². The first-order valence-corrected chi connectivity index (χ1v) is 3.03. The van der Waals surface area contributed by atoms with Gasteiger partial charge in [-0.15, -0.1) is 0 Å². The Morgan fingerprint density at radius 2 is 1.77 bits per heavy atom. The van der Waals surface area contributed by atoms with E-state index in [2.05, 4.69) is 4.74 Å². The van der Waals surface area contributed by atoms with Gasteiger partial charge in [-0.2, -0.15) is 13.2 Å². The summed E-state index contributed by atoms with van der Waals surface area (Å²) in [5.41, 5.74) is 0. The molecular weight excluding hydrogens is 242 g/mol. The average molecular weight is 250 g/mol. The number of ether oxygens (including phenoxy) is 1. The largest absolute Gasteiger partial charge is 0.456 e. The standard InChI is InChI=1S/C6H7F3O3.Zn/c1-4(10)2-5(11)12-3-6(7,8)9;/h2-3H2,1H3;. The molecule has 0 bridgehead atoms. The van der Waals surface area contributed by atoms with Crippen molar-refractivity contribution in [3.63, 3.8) is 0 Å². The normalized spacial score (nSPS) is 10.2. The zero-order valence-corrected chi connectivity index (χ0v) is 9.95. The zero-order valence-electron chi connectivity index (χ0n) is 6.98. The maximum absolute atomic E-state index is 11.4. The van der Waals surface area contributed by atoms with Crippen molar-refractivity contribution >= 4 is 11.8 Å². The van der Waals surface area contributed by atoms with Gasteiger partial charge in [0, 0.05) is 19.5 Å². The molecule has 0 aliphatic heterocycles. The van der Waals surface area contributed by atoms with Gasteiger partial charge in [-0.05, 0) is 6.92 Å². The van der Waals surface area contributed by atoms with Crippen molar-refractivity contribution in [3.8, 4) is 0 Å². The summed E-state index contributed by atoms with van der Waals surface area (Å²) in [5.74, 6) is -1.68. The summed E-state index contributed by atoms with van der Waals surface area (Å²) in [6.45, 7) is -0.548. The molecule has 0 aliphatic carbocycles. The Bertz CT molecular complexity index is 190. The SMILES string of the molecule is CC(=O)CC(=O)OCC(F)(F)F.[Zn]. The van der Waals surface area contributed by atoms with Crippen LogP contribution in [0.2, 0.25) is 0 Å². The molecule has 0 fully saturated rings. The molecule has 0 aromatic rings. The molecule has 0 spiro atoms. The second-order valence-electron chi connectivity index (χ2n) is 2.15. The fraction of sp³-hybridized carbons (Fsp3) is 0.667. The predicted octanol–water partition coefficient (Wildman–Crippen LogP) is 1.07. The summed E-state index contributed by atoms with van der Waals surface area (Å²) in [7, 11) is 0. The van der Waals surface area contributed by atoms with Crippen LogP contribution in [0.3, 0.4) is 0 Å². The molecule has 0 heterocycles.